The quantitative estimate of drug-likeness (QED) is 0.255. The maximum absolute atomic E-state index is 13.6. The van der Waals surface area contributed by atoms with Crippen molar-refractivity contribution in [2.75, 3.05) is 49.2 Å². The maximum atomic E-state index is 13.6. The van der Waals surface area contributed by atoms with Crippen molar-refractivity contribution in [3.8, 4) is 0 Å². The van der Waals surface area contributed by atoms with E-state index in [9.17, 15) is 14.4 Å². The van der Waals surface area contributed by atoms with E-state index in [1.54, 1.807) is 32.9 Å². The van der Waals surface area contributed by atoms with Crippen LogP contribution in [0.25, 0.3) is 32.7 Å². The lowest BCUT2D eigenvalue weighted by atomic mass is 10.0. The molecule has 2 saturated heterocycles. The normalized spacial score (nSPS) is 16.1. The Kier molecular flexibility index (Phi) is 7.59. The number of morpholine rings is 1. The number of imidazole rings is 1. The fourth-order valence-electron chi connectivity index (χ4n) is 7.04. The molecular formula is C34H38N8O4. The van der Waals surface area contributed by atoms with Crippen LogP contribution in [0.15, 0.2) is 70.0 Å². The van der Waals surface area contributed by atoms with Crippen LogP contribution >= 0.6 is 0 Å². The van der Waals surface area contributed by atoms with Crippen LogP contribution in [-0.2, 0) is 24.9 Å². The number of anilines is 2. The van der Waals surface area contributed by atoms with Gasteiger partial charge in [0.2, 0.25) is 0 Å². The van der Waals surface area contributed by atoms with Crippen LogP contribution in [0.5, 0.6) is 0 Å². The van der Waals surface area contributed by atoms with E-state index in [1.165, 1.54) is 4.57 Å². The summed E-state index contributed by atoms with van der Waals surface area (Å²) in [4.78, 5) is 44.9. The van der Waals surface area contributed by atoms with E-state index in [-0.39, 0.29) is 23.0 Å². The van der Waals surface area contributed by atoms with Gasteiger partial charge in [-0.1, -0.05) is 23.8 Å². The van der Waals surface area contributed by atoms with Gasteiger partial charge in [0.05, 0.1) is 35.2 Å². The Morgan fingerprint density at radius 3 is 1.91 bits per heavy atom. The molecule has 3 aromatic heterocycles. The van der Waals surface area contributed by atoms with E-state index < -0.39 is 0 Å². The second-order valence-electron chi connectivity index (χ2n) is 12.2. The molecule has 12 heteroatoms. The third kappa shape index (κ3) is 4.75. The smallest absolute Gasteiger partial charge is 0.331 e. The van der Waals surface area contributed by atoms with Crippen LogP contribution in [0.3, 0.4) is 0 Å². The van der Waals surface area contributed by atoms with Crippen LogP contribution in [0.4, 0.5) is 11.6 Å². The Morgan fingerprint density at radius 2 is 1.35 bits per heavy atom. The summed E-state index contributed by atoms with van der Waals surface area (Å²) < 4.78 is 12.1. The average molecular weight is 623 g/mol. The summed E-state index contributed by atoms with van der Waals surface area (Å²) in [5.74, 6) is 1.48. The zero-order chi connectivity index (χ0) is 32.1. The first-order valence-corrected chi connectivity index (χ1v) is 15.8. The molecule has 2 aliphatic rings. The van der Waals surface area contributed by atoms with Gasteiger partial charge in [0, 0.05) is 63.1 Å². The lowest BCUT2D eigenvalue weighted by Crippen LogP contribution is -2.45. The lowest BCUT2D eigenvalue weighted by Gasteiger charge is -2.34. The number of benzene rings is 2. The number of aromatic nitrogens is 6. The summed E-state index contributed by atoms with van der Waals surface area (Å²) >= 11 is 0. The van der Waals surface area contributed by atoms with Gasteiger partial charge < -0.3 is 14.5 Å². The van der Waals surface area contributed by atoms with Gasteiger partial charge in [0.1, 0.15) is 0 Å². The van der Waals surface area contributed by atoms with Gasteiger partial charge in [-0.25, -0.2) is 9.59 Å². The van der Waals surface area contributed by atoms with Crippen molar-refractivity contribution in [1.29, 1.82) is 0 Å². The van der Waals surface area contributed by atoms with Gasteiger partial charge in [-0.05, 0) is 44.0 Å². The van der Waals surface area contributed by atoms with E-state index in [4.69, 9.17) is 14.9 Å². The number of piperidine rings is 1. The molecule has 0 spiro atoms. The second-order valence-corrected chi connectivity index (χ2v) is 12.2. The molecule has 5 heterocycles. The molecule has 0 saturated carbocycles. The van der Waals surface area contributed by atoms with E-state index >= 15 is 0 Å². The Bertz CT molecular complexity index is 2190. The van der Waals surface area contributed by atoms with Crippen LogP contribution in [0, 0.1) is 6.92 Å². The standard InChI is InChI=1S/C34H38N8O4/c1-5-11-40-28-20-24-25(21-29(28)41(12-6-2)34(40)45)31(39-15-17-46-18-16-39)36-35-30(24)38-13-9-23(10-14-38)42-32(43)26-19-22(3)7-8-27(26)37(4)33(42)44/h5-8,19-21,23H,1-2,9-18H2,3-4H3. The highest BCUT2D eigenvalue weighted by Gasteiger charge is 2.28. The minimum Gasteiger partial charge on any atom is -0.378 e. The number of aryl methyl sites for hydroxylation is 2. The number of fused-ring (bicyclic) bond motifs is 3. The number of allylic oxidation sites excluding steroid dienone is 2. The molecule has 5 aromatic rings. The van der Waals surface area contributed by atoms with Crippen LogP contribution in [0.2, 0.25) is 0 Å². The molecule has 0 N–H and O–H groups in total. The van der Waals surface area contributed by atoms with E-state index in [0.29, 0.717) is 76.2 Å². The summed E-state index contributed by atoms with van der Waals surface area (Å²) in [6, 6.07) is 9.46. The molecule has 0 aliphatic carbocycles. The van der Waals surface area contributed by atoms with E-state index in [0.717, 1.165) is 39.0 Å². The van der Waals surface area contributed by atoms with Gasteiger partial charge in [-0.15, -0.1) is 23.4 Å². The average Bonchev–Trinajstić information content (AvgIpc) is 3.32. The monoisotopic (exact) mass is 622 g/mol. The summed E-state index contributed by atoms with van der Waals surface area (Å²) in [7, 11) is 1.72. The Balaban J connectivity index is 1.32. The highest BCUT2D eigenvalue weighted by atomic mass is 16.5. The molecule has 2 aliphatic heterocycles. The molecule has 2 aromatic carbocycles. The van der Waals surface area contributed by atoms with Gasteiger partial charge in [-0.2, -0.15) is 0 Å². The first-order chi connectivity index (χ1) is 22.3. The van der Waals surface area contributed by atoms with E-state index in [2.05, 4.69) is 23.0 Å². The van der Waals surface area contributed by atoms with Crippen LogP contribution in [0.1, 0.15) is 24.4 Å². The topological polar surface area (TPSA) is 112 Å². The summed E-state index contributed by atoms with van der Waals surface area (Å²) in [6.07, 6.45) is 4.64. The molecule has 0 amide bonds. The van der Waals surface area contributed by atoms with Crippen LogP contribution < -0.4 is 26.7 Å². The SMILES string of the molecule is C=CCn1c(=O)n(CC=C)c2cc3c(N4CCC(n5c(=O)c6cc(C)ccc6n(C)c5=O)CC4)nnc(N4CCOCC4)c3cc21. The molecule has 0 atom stereocenters. The van der Waals surface area contributed by atoms with Crippen molar-refractivity contribution in [2.24, 2.45) is 7.05 Å². The van der Waals surface area contributed by atoms with Crippen LogP contribution in [-0.4, -0.2) is 67.9 Å². The second kappa shape index (κ2) is 11.8. The highest BCUT2D eigenvalue weighted by molar-refractivity contribution is 6.06. The van der Waals surface area contributed by atoms with Gasteiger partial charge >= 0.3 is 11.4 Å². The molecule has 238 valence electrons. The molecule has 46 heavy (non-hydrogen) atoms. The zero-order valence-corrected chi connectivity index (χ0v) is 26.3. The van der Waals surface area contributed by atoms with Crippen molar-refractivity contribution in [3.63, 3.8) is 0 Å². The van der Waals surface area contributed by atoms with Crippen molar-refractivity contribution in [1.82, 2.24) is 28.5 Å². The fourth-order valence-corrected chi connectivity index (χ4v) is 7.04. The van der Waals surface area contributed by atoms with Crippen molar-refractivity contribution in [2.45, 2.75) is 38.9 Å². The fraction of sp³-hybridized carbons (Fsp3) is 0.382. The van der Waals surface area contributed by atoms with Crippen molar-refractivity contribution < 1.29 is 4.74 Å². The molecule has 7 rings (SSSR count). The third-order valence-electron chi connectivity index (χ3n) is 9.40. The first kappa shape index (κ1) is 29.7. The molecule has 0 unspecified atom stereocenters. The third-order valence-corrected chi connectivity index (χ3v) is 9.40. The minimum atomic E-state index is -0.300. The number of nitrogens with zero attached hydrogens (tertiary/aromatic N) is 8. The lowest BCUT2D eigenvalue weighted by molar-refractivity contribution is 0.122. The predicted molar refractivity (Wildman–Crippen MR) is 181 cm³/mol. The molecule has 0 bridgehead atoms. The van der Waals surface area contributed by atoms with Gasteiger partial charge in [-0.3, -0.25) is 23.1 Å². The Hall–Kier alpha value is -4.97. The van der Waals surface area contributed by atoms with Gasteiger partial charge in [0.15, 0.2) is 11.6 Å². The summed E-state index contributed by atoms with van der Waals surface area (Å²) in [6.45, 7) is 14.2. The Labute approximate surface area is 265 Å². The summed E-state index contributed by atoms with van der Waals surface area (Å²) in [5.41, 5.74) is 2.53. The molecule has 2 fully saturated rings. The highest BCUT2D eigenvalue weighted by Crippen LogP contribution is 2.36. The minimum absolute atomic E-state index is 0.126. The zero-order valence-electron chi connectivity index (χ0n) is 26.3. The largest absolute Gasteiger partial charge is 0.378 e. The van der Waals surface area contributed by atoms with Crippen molar-refractivity contribution >= 4 is 44.3 Å². The summed E-state index contributed by atoms with van der Waals surface area (Å²) in [5, 5.41) is 11.9. The first-order valence-electron chi connectivity index (χ1n) is 15.8. The number of rotatable bonds is 7. The number of ether oxygens (including phenoxy) is 1. The predicted octanol–water partition coefficient (Wildman–Crippen LogP) is 3.12. The van der Waals surface area contributed by atoms with Crippen molar-refractivity contribution in [3.05, 3.63) is 92.5 Å². The number of hydrogen-bond donors (Lipinski definition) is 0. The molecule has 0 radical (unpaired) electrons. The van der Waals surface area contributed by atoms with E-state index in [1.807, 2.05) is 37.3 Å². The Morgan fingerprint density at radius 1 is 0.783 bits per heavy atom. The maximum Gasteiger partial charge on any atom is 0.331 e. The molecule has 12 nitrogen and oxygen atoms in total. The van der Waals surface area contributed by atoms with Gasteiger partial charge in [0.25, 0.3) is 5.56 Å². The molecular weight excluding hydrogens is 584 g/mol. The number of hydrogen-bond acceptors (Lipinski definition) is 8.